The van der Waals surface area contributed by atoms with Crippen LogP contribution in [0.2, 0.25) is 0 Å². The van der Waals surface area contributed by atoms with E-state index in [4.69, 9.17) is 4.74 Å². The van der Waals surface area contributed by atoms with E-state index in [-0.39, 0.29) is 37.1 Å². The number of nitrogens with zero attached hydrogens (tertiary/aromatic N) is 2. The van der Waals surface area contributed by atoms with Crippen LogP contribution in [0.5, 0.6) is 5.75 Å². The minimum absolute atomic E-state index is 0.0934. The van der Waals surface area contributed by atoms with Gasteiger partial charge in [0.05, 0.1) is 26.7 Å². The molecule has 4 rings (SSSR count). The van der Waals surface area contributed by atoms with E-state index in [0.29, 0.717) is 18.7 Å². The fourth-order valence-corrected chi connectivity index (χ4v) is 4.47. The lowest BCUT2D eigenvalue weighted by Crippen LogP contribution is -2.30. The van der Waals surface area contributed by atoms with Gasteiger partial charge >= 0.3 is 0 Å². The number of methoxy groups -OCH3 is 1. The first-order valence-electron chi connectivity index (χ1n) is 10.4. The molecule has 1 saturated heterocycles. The zero-order valence-corrected chi connectivity index (χ0v) is 18.6. The van der Waals surface area contributed by atoms with Gasteiger partial charge in [0.2, 0.25) is 11.8 Å². The second kappa shape index (κ2) is 9.78. The molecule has 0 unspecified atom stereocenters. The molecule has 2 aromatic carbocycles. The van der Waals surface area contributed by atoms with Crippen LogP contribution in [-0.4, -0.2) is 34.6 Å². The summed E-state index contributed by atoms with van der Waals surface area (Å²) >= 11 is 1.61. The summed E-state index contributed by atoms with van der Waals surface area (Å²) < 4.78 is 5.47. The molecule has 32 heavy (non-hydrogen) atoms. The van der Waals surface area contributed by atoms with Crippen molar-refractivity contribution in [3.63, 3.8) is 0 Å². The quantitative estimate of drug-likeness (QED) is 0.483. The number of thiophene rings is 1. The highest BCUT2D eigenvalue weighted by atomic mass is 32.1. The zero-order chi connectivity index (χ0) is 22.5. The molecule has 3 amide bonds. The molecule has 1 fully saturated rings. The molecule has 1 aliphatic heterocycles. The first-order valence-corrected chi connectivity index (χ1v) is 11.3. The van der Waals surface area contributed by atoms with Gasteiger partial charge in [-0.1, -0.05) is 36.4 Å². The molecule has 1 aliphatic rings. The lowest BCUT2D eigenvalue weighted by atomic mass is 10.1. The predicted molar refractivity (Wildman–Crippen MR) is 122 cm³/mol. The standard InChI is InChI=1S/C25H24N2O4S/c1-31-22-7-3-2-5-20(22)16-26(17-21-6-4-14-32-21)25(30)19-10-8-18(9-11-19)15-27-23(28)12-13-24(27)29/h2-11,14H,12-13,15-17H2,1H3. The SMILES string of the molecule is COc1ccccc1CN(Cc1cccs1)C(=O)c1ccc(CN2C(=O)CCC2=O)cc1. The molecule has 0 saturated carbocycles. The van der Waals surface area contributed by atoms with Gasteiger partial charge in [0.25, 0.3) is 5.91 Å². The molecule has 0 N–H and O–H groups in total. The van der Waals surface area contributed by atoms with Crippen LogP contribution in [0.3, 0.4) is 0 Å². The smallest absolute Gasteiger partial charge is 0.254 e. The maximum Gasteiger partial charge on any atom is 0.254 e. The largest absolute Gasteiger partial charge is 0.496 e. The van der Waals surface area contributed by atoms with Crippen molar-refractivity contribution in [2.45, 2.75) is 32.5 Å². The van der Waals surface area contributed by atoms with Crippen molar-refractivity contribution in [2.24, 2.45) is 0 Å². The highest BCUT2D eigenvalue weighted by molar-refractivity contribution is 7.09. The minimum atomic E-state index is -0.144. The summed E-state index contributed by atoms with van der Waals surface area (Å²) in [4.78, 5) is 41.3. The fraction of sp³-hybridized carbons (Fsp3) is 0.240. The Hall–Kier alpha value is -3.45. The van der Waals surface area contributed by atoms with Gasteiger partial charge in [0, 0.05) is 28.8 Å². The van der Waals surface area contributed by atoms with Gasteiger partial charge in [-0.25, -0.2) is 0 Å². The Kier molecular flexibility index (Phi) is 6.66. The average Bonchev–Trinajstić information content (AvgIpc) is 3.44. The summed E-state index contributed by atoms with van der Waals surface area (Å²) in [6.07, 6.45) is 0.548. The Balaban J connectivity index is 1.53. The summed E-state index contributed by atoms with van der Waals surface area (Å²) in [6, 6.07) is 18.8. The Bertz CT molecular complexity index is 1090. The number of benzene rings is 2. The van der Waals surface area contributed by atoms with E-state index in [1.807, 2.05) is 41.8 Å². The topological polar surface area (TPSA) is 66.9 Å². The van der Waals surface area contributed by atoms with Gasteiger partial charge in [0.1, 0.15) is 5.75 Å². The number of carbonyl (C=O) groups excluding carboxylic acids is 3. The van der Waals surface area contributed by atoms with Crippen molar-refractivity contribution in [2.75, 3.05) is 7.11 Å². The molecule has 0 spiro atoms. The third-order valence-corrected chi connectivity index (χ3v) is 6.33. The van der Waals surface area contributed by atoms with E-state index in [9.17, 15) is 14.4 Å². The number of hydrogen-bond acceptors (Lipinski definition) is 5. The van der Waals surface area contributed by atoms with E-state index < -0.39 is 0 Å². The maximum absolute atomic E-state index is 13.4. The van der Waals surface area contributed by atoms with Crippen LogP contribution in [0.1, 0.15) is 39.2 Å². The molecule has 164 valence electrons. The molecule has 0 atom stereocenters. The number of para-hydroxylation sites is 1. The van der Waals surface area contributed by atoms with Gasteiger partial charge in [-0.2, -0.15) is 0 Å². The Morgan fingerprint density at radius 3 is 2.34 bits per heavy atom. The molecule has 6 nitrogen and oxygen atoms in total. The van der Waals surface area contributed by atoms with E-state index >= 15 is 0 Å². The molecule has 3 aromatic rings. The van der Waals surface area contributed by atoms with Crippen LogP contribution in [0.4, 0.5) is 0 Å². The number of imide groups is 1. The molecule has 2 heterocycles. The molecule has 7 heteroatoms. The summed E-state index contributed by atoms with van der Waals surface area (Å²) in [5.41, 5.74) is 2.31. The van der Waals surface area contributed by atoms with Crippen LogP contribution in [-0.2, 0) is 29.2 Å². The lowest BCUT2D eigenvalue weighted by Gasteiger charge is -2.23. The second-order valence-corrected chi connectivity index (χ2v) is 8.66. The molecule has 1 aromatic heterocycles. The van der Waals surface area contributed by atoms with E-state index in [0.717, 1.165) is 21.8 Å². The zero-order valence-electron chi connectivity index (χ0n) is 17.8. The fourth-order valence-electron chi connectivity index (χ4n) is 3.75. The normalized spacial score (nSPS) is 13.5. The van der Waals surface area contributed by atoms with Crippen LogP contribution < -0.4 is 4.74 Å². The number of amides is 3. The summed E-state index contributed by atoms with van der Waals surface area (Å²) in [6.45, 7) is 1.15. The van der Waals surface area contributed by atoms with Crippen molar-refractivity contribution in [1.29, 1.82) is 0 Å². The number of hydrogen-bond donors (Lipinski definition) is 0. The molecular formula is C25H24N2O4S. The monoisotopic (exact) mass is 448 g/mol. The van der Waals surface area contributed by atoms with Crippen molar-refractivity contribution >= 4 is 29.1 Å². The second-order valence-electron chi connectivity index (χ2n) is 7.62. The van der Waals surface area contributed by atoms with Crippen LogP contribution >= 0.6 is 11.3 Å². The van der Waals surface area contributed by atoms with Gasteiger partial charge in [-0.3, -0.25) is 19.3 Å². The molecule has 0 aliphatic carbocycles. The van der Waals surface area contributed by atoms with E-state index in [1.54, 1.807) is 47.6 Å². The first-order chi connectivity index (χ1) is 15.5. The van der Waals surface area contributed by atoms with E-state index in [2.05, 4.69) is 0 Å². The highest BCUT2D eigenvalue weighted by Crippen LogP contribution is 2.23. The van der Waals surface area contributed by atoms with Crippen molar-refractivity contribution in [1.82, 2.24) is 9.80 Å². The Morgan fingerprint density at radius 2 is 1.69 bits per heavy atom. The van der Waals surface area contributed by atoms with E-state index in [1.165, 1.54) is 4.90 Å². The highest BCUT2D eigenvalue weighted by Gasteiger charge is 2.28. The molecule has 0 radical (unpaired) electrons. The number of likely N-dealkylation sites (tertiary alicyclic amines) is 1. The van der Waals surface area contributed by atoms with Crippen LogP contribution in [0, 0.1) is 0 Å². The molecular weight excluding hydrogens is 424 g/mol. The predicted octanol–water partition coefficient (Wildman–Crippen LogP) is 4.25. The van der Waals surface area contributed by atoms with Crippen LogP contribution in [0.15, 0.2) is 66.0 Å². The number of rotatable bonds is 8. The number of ether oxygens (including phenoxy) is 1. The summed E-state index contributed by atoms with van der Waals surface area (Å²) in [5, 5.41) is 2.00. The van der Waals surface area contributed by atoms with Gasteiger partial charge in [-0.15, -0.1) is 11.3 Å². The van der Waals surface area contributed by atoms with Crippen LogP contribution in [0.25, 0.3) is 0 Å². The summed E-state index contributed by atoms with van der Waals surface area (Å²) in [7, 11) is 1.62. The van der Waals surface area contributed by atoms with Gasteiger partial charge in [-0.05, 0) is 35.2 Å². The average molecular weight is 449 g/mol. The Labute approximate surface area is 191 Å². The molecule has 0 bridgehead atoms. The van der Waals surface area contributed by atoms with Crippen molar-refractivity contribution in [3.8, 4) is 5.75 Å². The van der Waals surface area contributed by atoms with Crippen molar-refractivity contribution in [3.05, 3.63) is 87.6 Å². The lowest BCUT2D eigenvalue weighted by molar-refractivity contribution is -0.139. The Morgan fingerprint density at radius 1 is 0.969 bits per heavy atom. The van der Waals surface area contributed by atoms with Crippen molar-refractivity contribution < 1.29 is 19.1 Å². The number of carbonyl (C=O) groups is 3. The minimum Gasteiger partial charge on any atom is -0.496 e. The first kappa shape index (κ1) is 21.8. The third-order valence-electron chi connectivity index (χ3n) is 5.46. The summed E-state index contributed by atoms with van der Waals surface area (Å²) in [5.74, 6) is 0.360. The van der Waals surface area contributed by atoms with Gasteiger partial charge in [0.15, 0.2) is 0 Å². The third kappa shape index (κ3) is 4.89. The van der Waals surface area contributed by atoms with Gasteiger partial charge < -0.3 is 9.64 Å². The maximum atomic E-state index is 13.4.